The summed E-state index contributed by atoms with van der Waals surface area (Å²) in [6.07, 6.45) is 1.72. The molecule has 1 aliphatic rings. The van der Waals surface area contributed by atoms with E-state index in [9.17, 15) is 14.0 Å². The van der Waals surface area contributed by atoms with Crippen molar-refractivity contribution < 1.29 is 19.1 Å². The number of hydrogen-bond acceptors (Lipinski definition) is 3. The van der Waals surface area contributed by atoms with Gasteiger partial charge in [0, 0.05) is 18.0 Å². The Bertz CT molecular complexity index is 824. The number of carboxylic acid groups (broad SMARTS) is 1. The molecule has 0 spiro atoms. The van der Waals surface area contributed by atoms with Gasteiger partial charge < -0.3 is 10.0 Å². The first kappa shape index (κ1) is 19.4. The predicted molar refractivity (Wildman–Crippen MR) is 104 cm³/mol. The Morgan fingerprint density at radius 1 is 1.22 bits per heavy atom. The van der Waals surface area contributed by atoms with Crippen molar-refractivity contribution in [2.75, 3.05) is 13.1 Å². The van der Waals surface area contributed by atoms with E-state index in [4.69, 9.17) is 5.11 Å². The number of nitrogens with zero attached hydrogens (tertiary/aromatic N) is 1. The van der Waals surface area contributed by atoms with Gasteiger partial charge in [0.05, 0.1) is 5.56 Å². The van der Waals surface area contributed by atoms with Gasteiger partial charge in [-0.3, -0.25) is 9.59 Å². The van der Waals surface area contributed by atoms with E-state index in [2.05, 4.69) is 0 Å². The van der Waals surface area contributed by atoms with E-state index in [1.54, 1.807) is 37.3 Å². The number of benzene rings is 2. The number of hydrogen-bond donors (Lipinski definition) is 1. The van der Waals surface area contributed by atoms with E-state index in [-0.39, 0.29) is 11.7 Å². The molecule has 0 saturated carbocycles. The third-order valence-electron chi connectivity index (χ3n) is 4.78. The maximum Gasteiger partial charge on any atom is 0.316 e. The van der Waals surface area contributed by atoms with Gasteiger partial charge >= 0.3 is 5.97 Å². The zero-order valence-electron chi connectivity index (χ0n) is 15.1. The Labute approximate surface area is 162 Å². The van der Waals surface area contributed by atoms with Crippen molar-refractivity contribution in [3.8, 4) is 0 Å². The Hall–Kier alpha value is -2.34. The number of carbonyl (C=O) groups is 2. The second kappa shape index (κ2) is 8.57. The van der Waals surface area contributed by atoms with Gasteiger partial charge in [-0.1, -0.05) is 24.3 Å². The number of aliphatic carboxylic acids is 1. The molecule has 2 atom stereocenters. The van der Waals surface area contributed by atoms with Crippen molar-refractivity contribution in [1.82, 2.24) is 4.90 Å². The number of rotatable bonds is 6. The fourth-order valence-corrected chi connectivity index (χ4v) is 4.22. The summed E-state index contributed by atoms with van der Waals surface area (Å²) in [6, 6.07) is 13.7. The largest absolute Gasteiger partial charge is 0.480 e. The normalized spacial score (nSPS) is 17.7. The SMILES string of the molecule is CC(Sc1ccccc1C(=O)N1CCC(Cc2ccc(F)cc2)C1)C(=O)O. The lowest BCUT2D eigenvalue weighted by Crippen LogP contribution is -2.29. The molecule has 27 heavy (non-hydrogen) atoms. The average Bonchev–Trinajstić information content (AvgIpc) is 3.12. The molecule has 0 aliphatic carbocycles. The van der Waals surface area contributed by atoms with Gasteiger partial charge in [-0.05, 0) is 55.5 Å². The molecule has 1 fully saturated rings. The van der Waals surface area contributed by atoms with E-state index in [1.165, 1.54) is 23.9 Å². The monoisotopic (exact) mass is 387 g/mol. The standard InChI is InChI=1S/C21H22FNO3S/c1-14(21(25)26)27-19-5-3-2-4-18(19)20(24)23-11-10-16(13-23)12-15-6-8-17(22)9-7-15/h2-9,14,16H,10-13H2,1H3,(H,25,26). The summed E-state index contributed by atoms with van der Waals surface area (Å²) in [5.74, 6) is -0.857. The van der Waals surface area contributed by atoms with Crippen LogP contribution in [0.4, 0.5) is 4.39 Å². The van der Waals surface area contributed by atoms with Crippen molar-refractivity contribution in [3.63, 3.8) is 0 Å². The summed E-state index contributed by atoms with van der Waals surface area (Å²) in [5.41, 5.74) is 1.62. The summed E-state index contributed by atoms with van der Waals surface area (Å²) >= 11 is 1.19. The topological polar surface area (TPSA) is 57.6 Å². The summed E-state index contributed by atoms with van der Waals surface area (Å²) in [7, 11) is 0. The molecule has 1 aliphatic heterocycles. The molecule has 4 nitrogen and oxygen atoms in total. The maximum atomic E-state index is 13.0. The minimum absolute atomic E-state index is 0.0581. The van der Waals surface area contributed by atoms with Crippen LogP contribution in [0.1, 0.15) is 29.3 Å². The van der Waals surface area contributed by atoms with Gasteiger partial charge in [0.2, 0.25) is 0 Å². The molecule has 0 bridgehead atoms. The molecule has 1 amide bonds. The molecular weight excluding hydrogens is 365 g/mol. The molecule has 2 aromatic rings. The van der Waals surface area contributed by atoms with Crippen molar-refractivity contribution in [3.05, 3.63) is 65.5 Å². The first-order chi connectivity index (χ1) is 12.9. The Morgan fingerprint density at radius 3 is 2.63 bits per heavy atom. The van der Waals surface area contributed by atoms with Crippen LogP contribution in [0.25, 0.3) is 0 Å². The number of amides is 1. The minimum Gasteiger partial charge on any atom is -0.480 e. The second-order valence-corrected chi connectivity index (χ2v) is 8.21. The first-order valence-corrected chi connectivity index (χ1v) is 9.84. The van der Waals surface area contributed by atoms with Crippen molar-refractivity contribution in [2.45, 2.75) is 29.9 Å². The molecular formula is C21H22FNO3S. The summed E-state index contributed by atoms with van der Waals surface area (Å²) in [6.45, 7) is 2.95. The molecule has 1 heterocycles. The fraction of sp³-hybridized carbons (Fsp3) is 0.333. The van der Waals surface area contributed by atoms with Crippen molar-refractivity contribution in [2.24, 2.45) is 5.92 Å². The van der Waals surface area contributed by atoms with Crippen LogP contribution in [-0.4, -0.2) is 40.2 Å². The molecule has 0 aromatic heterocycles. The third-order valence-corrected chi connectivity index (χ3v) is 5.94. The van der Waals surface area contributed by atoms with Crippen LogP contribution < -0.4 is 0 Å². The van der Waals surface area contributed by atoms with Crippen LogP contribution in [0.5, 0.6) is 0 Å². The fourth-order valence-electron chi connectivity index (χ4n) is 3.29. The highest BCUT2D eigenvalue weighted by atomic mass is 32.2. The van der Waals surface area contributed by atoms with Gasteiger partial charge in [-0.15, -0.1) is 11.8 Å². The highest BCUT2D eigenvalue weighted by Gasteiger charge is 2.28. The number of carbonyl (C=O) groups excluding carboxylic acids is 1. The first-order valence-electron chi connectivity index (χ1n) is 8.96. The van der Waals surface area contributed by atoms with Crippen LogP contribution in [0, 0.1) is 11.7 Å². The van der Waals surface area contributed by atoms with E-state index in [1.807, 2.05) is 11.0 Å². The minimum atomic E-state index is -0.900. The lowest BCUT2D eigenvalue weighted by molar-refractivity contribution is -0.136. The van der Waals surface area contributed by atoms with Gasteiger partial charge in [-0.2, -0.15) is 0 Å². The molecule has 142 valence electrons. The van der Waals surface area contributed by atoms with Gasteiger partial charge in [0.15, 0.2) is 0 Å². The molecule has 6 heteroatoms. The lowest BCUT2D eigenvalue weighted by atomic mass is 9.99. The van der Waals surface area contributed by atoms with E-state index >= 15 is 0 Å². The van der Waals surface area contributed by atoms with Crippen molar-refractivity contribution >= 4 is 23.6 Å². The average molecular weight is 387 g/mol. The molecule has 1 saturated heterocycles. The Kier molecular flexibility index (Phi) is 6.16. The van der Waals surface area contributed by atoms with Crippen LogP contribution in [0.15, 0.2) is 53.4 Å². The van der Waals surface area contributed by atoms with Gasteiger partial charge in [-0.25, -0.2) is 4.39 Å². The summed E-state index contributed by atoms with van der Waals surface area (Å²) < 4.78 is 13.0. The second-order valence-electron chi connectivity index (χ2n) is 6.83. The van der Waals surface area contributed by atoms with Crippen LogP contribution >= 0.6 is 11.8 Å². The molecule has 1 N–H and O–H groups in total. The number of halogens is 1. The lowest BCUT2D eigenvalue weighted by Gasteiger charge is -2.19. The summed E-state index contributed by atoms with van der Waals surface area (Å²) in [5, 5.41) is 8.52. The predicted octanol–water partition coefficient (Wildman–Crippen LogP) is 4.10. The van der Waals surface area contributed by atoms with E-state index in [0.717, 1.165) is 18.4 Å². The number of likely N-dealkylation sites (tertiary alicyclic amines) is 1. The van der Waals surface area contributed by atoms with E-state index in [0.29, 0.717) is 29.5 Å². The van der Waals surface area contributed by atoms with Crippen LogP contribution in [0.3, 0.4) is 0 Å². The molecule has 0 radical (unpaired) electrons. The van der Waals surface area contributed by atoms with Crippen LogP contribution in [0.2, 0.25) is 0 Å². The molecule has 2 unspecified atom stereocenters. The highest BCUT2D eigenvalue weighted by Crippen LogP contribution is 2.30. The zero-order chi connectivity index (χ0) is 19.4. The zero-order valence-corrected chi connectivity index (χ0v) is 15.9. The van der Waals surface area contributed by atoms with E-state index < -0.39 is 11.2 Å². The molecule has 2 aromatic carbocycles. The smallest absolute Gasteiger partial charge is 0.316 e. The number of carboxylic acids is 1. The third kappa shape index (κ3) is 4.89. The highest BCUT2D eigenvalue weighted by molar-refractivity contribution is 8.00. The number of thioether (sulfide) groups is 1. The molecule has 3 rings (SSSR count). The Morgan fingerprint density at radius 2 is 1.93 bits per heavy atom. The van der Waals surface area contributed by atoms with Gasteiger partial charge in [0.25, 0.3) is 5.91 Å². The maximum absolute atomic E-state index is 13.0. The van der Waals surface area contributed by atoms with Crippen molar-refractivity contribution in [1.29, 1.82) is 0 Å². The van der Waals surface area contributed by atoms with Gasteiger partial charge in [0.1, 0.15) is 11.1 Å². The Balaban J connectivity index is 1.66. The van der Waals surface area contributed by atoms with Crippen LogP contribution in [-0.2, 0) is 11.2 Å². The quantitative estimate of drug-likeness (QED) is 0.759. The summed E-state index contributed by atoms with van der Waals surface area (Å²) in [4.78, 5) is 26.6.